The lowest BCUT2D eigenvalue weighted by Gasteiger charge is -2.18. The van der Waals surface area contributed by atoms with Crippen LogP contribution in [0.15, 0.2) is 52.4 Å². The number of nitro benzene ring substituents is 1. The van der Waals surface area contributed by atoms with Gasteiger partial charge in [-0.3, -0.25) is 14.9 Å². The fourth-order valence-electron chi connectivity index (χ4n) is 2.45. The number of aromatic nitrogens is 2. The van der Waals surface area contributed by atoms with Crippen LogP contribution >= 0.6 is 0 Å². The van der Waals surface area contributed by atoms with Crippen molar-refractivity contribution in [3.63, 3.8) is 0 Å². The van der Waals surface area contributed by atoms with E-state index in [4.69, 9.17) is 0 Å². The summed E-state index contributed by atoms with van der Waals surface area (Å²) in [6, 6.07) is 6.37. The average Bonchev–Trinajstić information content (AvgIpc) is 3.01. The third kappa shape index (κ3) is 3.50. The molecule has 0 amide bonds. The summed E-state index contributed by atoms with van der Waals surface area (Å²) in [5.41, 5.74) is 2.97. The van der Waals surface area contributed by atoms with Crippen molar-refractivity contribution in [3.05, 3.63) is 73.8 Å². The van der Waals surface area contributed by atoms with Gasteiger partial charge >= 0.3 is 0 Å². The second-order valence-electron chi connectivity index (χ2n) is 5.75. The van der Waals surface area contributed by atoms with Crippen molar-refractivity contribution in [2.75, 3.05) is 7.05 Å². The van der Waals surface area contributed by atoms with Crippen LogP contribution in [-0.4, -0.2) is 34.4 Å². The molecule has 1 N–H and O–H groups in total. The van der Waals surface area contributed by atoms with E-state index in [2.05, 4.69) is 10.5 Å². The van der Waals surface area contributed by atoms with Crippen LogP contribution in [0, 0.1) is 17.0 Å². The zero-order valence-electron chi connectivity index (χ0n) is 14.4. The predicted octanol–water partition coefficient (Wildman–Crippen LogP) is 0.193. The van der Waals surface area contributed by atoms with Crippen molar-refractivity contribution in [2.24, 2.45) is 0 Å². The molecule has 0 bridgehead atoms. The summed E-state index contributed by atoms with van der Waals surface area (Å²) in [5.74, 6) is 0. The number of nitro groups is 1. The quantitative estimate of drug-likeness (QED) is 0.487. The smallest absolute Gasteiger partial charge is 0.270 e. The van der Waals surface area contributed by atoms with Crippen molar-refractivity contribution in [3.8, 4) is 0 Å². The van der Waals surface area contributed by atoms with Gasteiger partial charge in [0, 0.05) is 48.9 Å². The maximum Gasteiger partial charge on any atom is 0.270 e. The summed E-state index contributed by atoms with van der Waals surface area (Å²) >= 11 is 0. The number of hydrazine groups is 1. The summed E-state index contributed by atoms with van der Waals surface area (Å²) in [6.45, 7) is 1.55. The van der Waals surface area contributed by atoms with Crippen molar-refractivity contribution in [2.45, 2.75) is 11.8 Å². The van der Waals surface area contributed by atoms with Gasteiger partial charge < -0.3 is 5.43 Å². The van der Waals surface area contributed by atoms with Gasteiger partial charge in [0.05, 0.1) is 21.5 Å². The summed E-state index contributed by atoms with van der Waals surface area (Å²) in [6.07, 6.45) is 4.36. The highest BCUT2D eigenvalue weighted by Gasteiger charge is 2.24. The number of hydrogen-bond donors (Lipinski definition) is 1. The van der Waals surface area contributed by atoms with Crippen LogP contribution in [0.2, 0.25) is 0 Å². The maximum atomic E-state index is 12.8. The van der Waals surface area contributed by atoms with Crippen molar-refractivity contribution in [1.29, 1.82) is 0 Å². The van der Waals surface area contributed by atoms with E-state index in [0.29, 0.717) is 16.3 Å². The summed E-state index contributed by atoms with van der Waals surface area (Å²) in [7, 11) is -2.77. The topological polar surface area (TPSA) is 127 Å². The molecule has 11 heteroatoms. The summed E-state index contributed by atoms with van der Waals surface area (Å²) < 4.78 is 27.8. The molecule has 0 saturated carbocycles. The number of non-ortho nitro benzene ring substituents is 1. The standard InChI is InChI=1S/C16H15N5O5S/c1-11-3-4-13(21(23)24)7-16(11)27(25,26)19(2)17-9-12-10-18-20-6-5-14(22)8-15(12)20/h3-10,17H,1-2H3. The molecular weight excluding hydrogens is 374 g/mol. The normalized spacial score (nSPS) is 12.6. The Hall–Kier alpha value is -3.31. The molecular formula is C16H15N5O5S. The van der Waals surface area contributed by atoms with Gasteiger partial charge in [-0.05, 0) is 12.5 Å². The molecule has 0 aliphatic carbocycles. The Morgan fingerprint density at radius 1 is 1.30 bits per heavy atom. The van der Waals surface area contributed by atoms with Gasteiger partial charge in [-0.2, -0.15) is 5.10 Å². The van der Waals surface area contributed by atoms with Gasteiger partial charge in [-0.15, -0.1) is 4.41 Å². The minimum Gasteiger partial charge on any atom is -0.312 e. The van der Waals surface area contributed by atoms with Crippen LogP contribution in [0.1, 0.15) is 5.56 Å². The molecule has 0 fully saturated rings. The fourth-order valence-corrected chi connectivity index (χ4v) is 3.68. The number of aryl methyl sites for hydroxylation is 1. The molecule has 1 aromatic carbocycles. The van der Waals surface area contributed by atoms with Crippen LogP contribution in [0.3, 0.4) is 0 Å². The molecule has 0 atom stereocenters. The Morgan fingerprint density at radius 3 is 2.74 bits per heavy atom. The minimum absolute atomic E-state index is 0.179. The van der Waals surface area contributed by atoms with E-state index in [-0.39, 0.29) is 16.0 Å². The van der Waals surface area contributed by atoms with Crippen LogP contribution in [-0.2, 0) is 10.0 Å². The average molecular weight is 389 g/mol. The molecule has 0 radical (unpaired) electrons. The van der Waals surface area contributed by atoms with Gasteiger partial charge in [-0.1, -0.05) is 6.07 Å². The Labute approximate surface area is 153 Å². The third-order valence-corrected chi connectivity index (χ3v) is 5.77. The van der Waals surface area contributed by atoms with Crippen LogP contribution in [0.4, 0.5) is 5.69 Å². The first-order valence-corrected chi connectivity index (χ1v) is 9.12. The first kappa shape index (κ1) is 18.5. The number of benzene rings is 1. The molecule has 2 aromatic heterocycles. The number of fused-ring (bicyclic) bond motifs is 1. The van der Waals surface area contributed by atoms with E-state index in [1.807, 2.05) is 0 Å². The van der Waals surface area contributed by atoms with E-state index < -0.39 is 14.9 Å². The lowest BCUT2D eigenvalue weighted by molar-refractivity contribution is -0.385. The van der Waals surface area contributed by atoms with E-state index in [1.54, 1.807) is 6.92 Å². The van der Waals surface area contributed by atoms with Crippen molar-refractivity contribution >= 4 is 27.4 Å². The molecule has 0 aliphatic rings. The van der Waals surface area contributed by atoms with Gasteiger partial charge in [0.1, 0.15) is 0 Å². The predicted molar refractivity (Wildman–Crippen MR) is 97.1 cm³/mol. The lowest BCUT2D eigenvalue weighted by atomic mass is 10.2. The molecule has 3 aromatic rings. The zero-order valence-corrected chi connectivity index (χ0v) is 15.2. The first-order chi connectivity index (χ1) is 12.7. The Balaban J connectivity index is 1.96. The molecule has 3 rings (SSSR count). The second-order valence-corrected chi connectivity index (χ2v) is 7.68. The summed E-state index contributed by atoms with van der Waals surface area (Å²) in [5, 5.41) is 15.5. The number of rotatable bonds is 5. The van der Waals surface area contributed by atoms with E-state index >= 15 is 0 Å². The highest BCUT2D eigenvalue weighted by Crippen LogP contribution is 2.23. The monoisotopic (exact) mass is 389 g/mol. The number of nitrogens with one attached hydrogen (secondary N) is 1. The van der Waals surface area contributed by atoms with Crippen LogP contribution < -0.4 is 16.1 Å². The number of nitrogens with zero attached hydrogens (tertiary/aromatic N) is 4. The lowest BCUT2D eigenvalue weighted by Crippen LogP contribution is -2.37. The Kier molecular flexibility index (Phi) is 4.64. The highest BCUT2D eigenvalue weighted by molar-refractivity contribution is 7.89. The minimum atomic E-state index is -4.04. The van der Waals surface area contributed by atoms with Crippen molar-refractivity contribution < 1.29 is 13.3 Å². The molecule has 140 valence electrons. The van der Waals surface area contributed by atoms with Gasteiger partial charge in [0.25, 0.3) is 15.7 Å². The second kappa shape index (κ2) is 6.78. The Morgan fingerprint density at radius 2 is 2.04 bits per heavy atom. The van der Waals surface area contributed by atoms with Gasteiger partial charge in [-0.25, -0.2) is 12.9 Å². The van der Waals surface area contributed by atoms with Gasteiger partial charge in [0.2, 0.25) is 0 Å². The fraction of sp³-hybridized carbons (Fsp3) is 0.125. The van der Waals surface area contributed by atoms with E-state index in [9.17, 15) is 23.3 Å². The molecule has 2 heterocycles. The molecule has 0 aliphatic heterocycles. The first-order valence-electron chi connectivity index (χ1n) is 7.68. The molecule has 10 nitrogen and oxygen atoms in total. The maximum absolute atomic E-state index is 12.8. The Bertz CT molecular complexity index is 1250. The van der Waals surface area contributed by atoms with E-state index in [0.717, 1.165) is 10.5 Å². The van der Waals surface area contributed by atoms with Gasteiger partial charge in [0.15, 0.2) is 5.43 Å². The largest absolute Gasteiger partial charge is 0.312 e. The molecule has 0 spiro atoms. The molecule has 0 unspecified atom stereocenters. The third-order valence-electron chi connectivity index (χ3n) is 3.95. The summed E-state index contributed by atoms with van der Waals surface area (Å²) in [4.78, 5) is 21.6. The van der Waals surface area contributed by atoms with Crippen LogP contribution in [0.5, 0.6) is 0 Å². The van der Waals surface area contributed by atoms with Crippen molar-refractivity contribution in [1.82, 2.24) is 19.5 Å². The molecule has 0 saturated heterocycles. The highest BCUT2D eigenvalue weighted by atomic mass is 32.2. The zero-order chi connectivity index (χ0) is 19.8. The van der Waals surface area contributed by atoms with Crippen LogP contribution in [0.25, 0.3) is 11.7 Å². The van der Waals surface area contributed by atoms with E-state index in [1.165, 1.54) is 54.4 Å². The SMILES string of the molecule is Cc1ccc([N+](=O)[O-])cc1S(=O)(=O)N(C)NC=c1cnn2ccc(=O)cc12. The number of hydrogen-bond acceptors (Lipinski definition) is 7. The number of sulfonamides is 1. The number of pyridine rings is 1. The molecule has 27 heavy (non-hydrogen) atoms.